The summed E-state index contributed by atoms with van der Waals surface area (Å²) in [5.41, 5.74) is 0.775. The highest BCUT2D eigenvalue weighted by molar-refractivity contribution is 5.85. The Balaban J connectivity index is 1.51. The Labute approximate surface area is 168 Å². The van der Waals surface area contributed by atoms with Crippen molar-refractivity contribution < 1.29 is 9.59 Å². The molecule has 0 aliphatic carbocycles. The van der Waals surface area contributed by atoms with E-state index in [0.29, 0.717) is 18.9 Å². The van der Waals surface area contributed by atoms with E-state index in [0.717, 1.165) is 70.4 Å². The number of fused-ring (bicyclic) bond motifs is 1. The zero-order valence-electron chi connectivity index (χ0n) is 17.1. The molecule has 1 aromatic carbocycles. The van der Waals surface area contributed by atoms with Crippen molar-refractivity contribution in [2.24, 2.45) is 5.41 Å². The van der Waals surface area contributed by atoms with Crippen LogP contribution in [0.5, 0.6) is 0 Å². The van der Waals surface area contributed by atoms with Crippen molar-refractivity contribution in [3.63, 3.8) is 0 Å². The van der Waals surface area contributed by atoms with Crippen LogP contribution in [-0.2, 0) is 16.0 Å². The van der Waals surface area contributed by atoms with Crippen molar-refractivity contribution in [2.75, 3.05) is 39.3 Å². The fourth-order valence-corrected chi connectivity index (χ4v) is 5.59. The highest BCUT2D eigenvalue weighted by Crippen LogP contribution is 2.45. The van der Waals surface area contributed by atoms with Crippen LogP contribution in [-0.4, -0.2) is 71.8 Å². The van der Waals surface area contributed by atoms with Crippen LogP contribution in [0.2, 0.25) is 0 Å². The van der Waals surface area contributed by atoms with Gasteiger partial charge >= 0.3 is 0 Å². The number of rotatable bonds is 4. The number of carbonyl (C=O) groups is 2. The largest absolute Gasteiger partial charge is 0.342 e. The Kier molecular flexibility index (Phi) is 5.72. The van der Waals surface area contributed by atoms with Crippen LogP contribution >= 0.6 is 0 Å². The predicted molar refractivity (Wildman–Crippen MR) is 110 cm³/mol. The molecule has 3 saturated heterocycles. The number of hydrogen-bond acceptors (Lipinski definition) is 3. The third-order valence-corrected chi connectivity index (χ3v) is 7.20. The molecule has 0 spiro atoms. The average molecular weight is 384 g/mol. The van der Waals surface area contributed by atoms with E-state index in [2.05, 4.69) is 16.7 Å². The molecule has 3 fully saturated rings. The van der Waals surface area contributed by atoms with Crippen LogP contribution in [0.25, 0.3) is 0 Å². The minimum atomic E-state index is -0.290. The molecule has 0 radical (unpaired) electrons. The van der Waals surface area contributed by atoms with Gasteiger partial charge in [-0.15, -0.1) is 0 Å². The lowest BCUT2D eigenvalue weighted by Gasteiger charge is -2.38. The van der Waals surface area contributed by atoms with E-state index >= 15 is 0 Å². The first kappa shape index (κ1) is 19.4. The second kappa shape index (κ2) is 8.24. The Morgan fingerprint density at radius 2 is 1.68 bits per heavy atom. The molecule has 3 aliphatic heterocycles. The SMILES string of the molecule is CCN1CC[C@@]2(C(=O)N3CCCC3)CCN(C(=O)Cc3ccccc3)CC[C@@H]12. The van der Waals surface area contributed by atoms with Gasteiger partial charge in [-0.25, -0.2) is 0 Å². The Hall–Kier alpha value is -1.88. The lowest BCUT2D eigenvalue weighted by Crippen LogP contribution is -2.50. The van der Waals surface area contributed by atoms with Crippen LogP contribution in [0.1, 0.15) is 44.6 Å². The summed E-state index contributed by atoms with van der Waals surface area (Å²) in [7, 11) is 0. The molecule has 3 heterocycles. The van der Waals surface area contributed by atoms with Crippen molar-refractivity contribution in [2.45, 2.75) is 51.5 Å². The molecule has 2 amide bonds. The summed E-state index contributed by atoms with van der Waals surface area (Å²) >= 11 is 0. The summed E-state index contributed by atoms with van der Waals surface area (Å²) in [5.74, 6) is 0.557. The van der Waals surface area contributed by atoms with Crippen molar-refractivity contribution in [3.05, 3.63) is 35.9 Å². The quantitative estimate of drug-likeness (QED) is 0.803. The third-order valence-electron chi connectivity index (χ3n) is 7.20. The van der Waals surface area contributed by atoms with E-state index in [4.69, 9.17) is 0 Å². The molecule has 3 aliphatic rings. The topological polar surface area (TPSA) is 43.9 Å². The fraction of sp³-hybridized carbons (Fsp3) is 0.652. The minimum Gasteiger partial charge on any atom is -0.342 e. The average Bonchev–Trinajstić information content (AvgIpc) is 3.33. The molecule has 1 aromatic rings. The summed E-state index contributed by atoms with van der Waals surface area (Å²) in [6.07, 6.45) is 5.38. The minimum absolute atomic E-state index is 0.193. The van der Waals surface area contributed by atoms with Gasteiger partial charge < -0.3 is 9.80 Å². The molecule has 0 unspecified atom stereocenters. The van der Waals surface area contributed by atoms with Gasteiger partial charge in [0.25, 0.3) is 0 Å². The maximum absolute atomic E-state index is 13.6. The van der Waals surface area contributed by atoms with E-state index in [1.807, 2.05) is 35.2 Å². The van der Waals surface area contributed by atoms with Crippen molar-refractivity contribution in [1.29, 1.82) is 0 Å². The van der Waals surface area contributed by atoms with E-state index in [9.17, 15) is 9.59 Å². The van der Waals surface area contributed by atoms with Crippen LogP contribution in [0.15, 0.2) is 30.3 Å². The zero-order chi connectivity index (χ0) is 19.6. The van der Waals surface area contributed by atoms with E-state index in [1.54, 1.807) is 0 Å². The number of benzene rings is 1. The standard InChI is InChI=1S/C23H33N3O2/c1-2-24-16-11-23(22(28)26-13-6-7-14-26)12-17-25(15-10-20(23)24)21(27)18-19-8-4-3-5-9-19/h3-5,8-9,20H,2,6-7,10-18H2,1H3/t20-,23-/m1/s1. The molecule has 0 bridgehead atoms. The second-order valence-corrected chi connectivity index (χ2v) is 8.63. The number of carbonyl (C=O) groups excluding carboxylic acids is 2. The molecule has 0 N–H and O–H groups in total. The molecule has 5 nitrogen and oxygen atoms in total. The molecule has 5 heteroatoms. The summed E-state index contributed by atoms with van der Waals surface area (Å²) < 4.78 is 0. The number of hydrogen-bond donors (Lipinski definition) is 0. The van der Waals surface area contributed by atoms with Gasteiger partial charge in [0.05, 0.1) is 11.8 Å². The third kappa shape index (κ3) is 3.57. The van der Waals surface area contributed by atoms with Crippen LogP contribution in [0.4, 0.5) is 0 Å². The van der Waals surface area contributed by atoms with Crippen LogP contribution < -0.4 is 0 Å². The maximum Gasteiger partial charge on any atom is 0.230 e. The van der Waals surface area contributed by atoms with Gasteiger partial charge in [0, 0.05) is 32.2 Å². The van der Waals surface area contributed by atoms with Crippen molar-refractivity contribution >= 4 is 11.8 Å². The molecule has 0 saturated carbocycles. The molecule has 2 atom stereocenters. The lowest BCUT2D eigenvalue weighted by atomic mass is 9.75. The van der Waals surface area contributed by atoms with Gasteiger partial charge in [0.1, 0.15) is 0 Å². The first-order valence-electron chi connectivity index (χ1n) is 11.0. The fourth-order valence-electron chi connectivity index (χ4n) is 5.59. The van der Waals surface area contributed by atoms with Crippen LogP contribution in [0, 0.1) is 5.41 Å². The first-order valence-corrected chi connectivity index (χ1v) is 11.0. The molecular weight excluding hydrogens is 350 g/mol. The molecule has 28 heavy (non-hydrogen) atoms. The Bertz CT molecular complexity index is 701. The first-order chi connectivity index (χ1) is 13.6. The molecule has 4 rings (SSSR count). The predicted octanol–water partition coefficient (Wildman–Crippen LogP) is 2.55. The van der Waals surface area contributed by atoms with E-state index in [-0.39, 0.29) is 17.4 Å². The second-order valence-electron chi connectivity index (χ2n) is 8.63. The van der Waals surface area contributed by atoms with Crippen molar-refractivity contribution in [3.8, 4) is 0 Å². The smallest absolute Gasteiger partial charge is 0.230 e. The normalized spacial score (nSPS) is 28.2. The van der Waals surface area contributed by atoms with E-state index < -0.39 is 0 Å². The van der Waals surface area contributed by atoms with E-state index in [1.165, 1.54) is 0 Å². The number of amides is 2. The van der Waals surface area contributed by atoms with Gasteiger partial charge in [-0.05, 0) is 50.8 Å². The summed E-state index contributed by atoms with van der Waals surface area (Å²) in [4.78, 5) is 33.1. The number of likely N-dealkylation sites (tertiary alicyclic amines) is 3. The highest BCUT2D eigenvalue weighted by Gasteiger charge is 2.54. The van der Waals surface area contributed by atoms with Gasteiger partial charge in [0.2, 0.25) is 11.8 Å². The number of nitrogens with zero attached hydrogens (tertiary/aromatic N) is 3. The molecule has 152 valence electrons. The zero-order valence-corrected chi connectivity index (χ0v) is 17.1. The van der Waals surface area contributed by atoms with Gasteiger partial charge in [0.15, 0.2) is 0 Å². The maximum atomic E-state index is 13.6. The van der Waals surface area contributed by atoms with Crippen LogP contribution in [0.3, 0.4) is 0 Å². The summed E-state index contributed by atoms with van der Waals surface area (Å²) in [6, 6.07) is 10.3. The summed E-state index contributed by atoms with van der Waals surface area (Å²) in [5, 5.41) is 0. The van der Waals surface area contributed by atoms with Crippen molar-refractivity contribution in [1.82, 2.24) is 14.7 Å². The highest BCUT2D eigenvalue weighted by atomic mass is 16.2. The Morgan fingerprint density at radius 3 is 2.39 bits per heavy atom. The Morgan fingerprint density at radius 1 is 0.964 bits per heavy atom. The lowest BCUT2D eigenvalue weighted by molar-refractivity contribution is -0.143. The molecule has 0 aromatic heterocycles. The molecular formula is C23H33N3O2. The van der Waals surface area contributed by atoms with Gasteiger partial charge in [-0.3, -0.25) is 14.5 Å². The van der Waals surface area contributed by atoms with Gasteiger partial charge in [-0.1, -0.05) is 37.3 Å². The van der Waals surface area contributed by atoms with Gasteiger partial charge in [-0.2, -0.15) is 0 Å². The summed E-state index contributed by atoms with van der Waals surface area (Å²) in [6.45, 7) is 7.49. The monoisotopic (exact) mass is 383 g/mol.